The first kappa shape index (κ1) is 16.5. The van der Waals surface area contributed by atoms with Crippen molar-refractivity contribution in [3.05, 3.63) is 29.1 Å². The largest absolute Gasteiger partial charge is 0.507 e. The van der Waals surface area contributed by atoms with Gasteiger partial charge in [-0.2, -0.15) is 0 Å². The zero-order chi connectivity index (χ0) is 16.4. The fraction of sp³-hybridized carbons (Fsp3) is 0.625. The van der Waals surface area contributed by atoms with E-state index in [4.69, 9.17) is 4.74 Å². The maximum absolute atomic E-state index is 14.4. The van der Waals surface area contributed by atoms with Crippen LogP contribution in [-0.4, -0.2) is 49.4 Å². The summed E-state index contributed by atoms with van der Waals surface area (Å²) < 4.78 is 46.9. The smallest absolute Gasteiger partial charge is 0.195 e. The van der Waals surface area contributed by atoms with Crippen LogP contribution in [0.2, 0.25) is 0 Å². The fourth-order valence-corrected chi connectivity index (χ4v) is 3.59. The van der Waals surface area contributed by atoms with E-state index in [1.165, 1.54) is 0 Å². The van der Waals surface area contributed by atoms with Gasteiger partial charge in [-0.05, 0) is 18.8 Å². The molecular weight excluding hydrogens is 309 g/mol. The van der Waals surface area contributed by atoms with E-state index in [0.29, 0.717) is 45.2 Å². The average Bonchev–Trinajstić information content (AvgIpc) is 2.58. The molecule has 0 saturated carbocycles. The van der Waals surface area contributed by atoms with Crippen LogP contribution in [0.25, 0.3) is 0 Å². The molecule has 0 aliphatic carbocycles. The molecule has 1 aromatic rings. The van der Waals surface area contributed by atoms with Crippen molar-refractivity contribution in [1.29, 1.82) is 0 Å². The number of phenols is 1. The summed E-state index contributed by atoms with van der Waals surface area (Å²) in [4.78, 5) is 2.04. The first-order valence-corrected chi connectivity index (χ1v) is 7.98. The van der Waals surface area contributed by atoms with E-state index in [1.54, 1.807) is 0 Å². The molecule has 0 radical (unpaired) electrons. The highest BCUT2D eigenvalue weighted by Gasteiger charge is 2.36. The Kier molecular flexibility index (Phi) is 5.08. The van der Waals surface area contributed by atoms with E-state index in [9.17, 15) is 18.3 Å². The zero-order valence-electron chi connectivity index (χ0n) is 12.8. The molecule has 3 rings (SSSR count). The predicted octanol–water partition coefficient (Wildman–Crippen LogP) is 2.18. The van der Waals surface area contributed by atoms with Crippen LogP contribution in [0, 0.1) is 23.4 Å². The van der Waals surface area contributed by atoms with E-state index in [1.807, 2.05) is 4.90 Å². The van der Waals surface area contributed by atoms with Gasteiger partial charge in [-0.25, -0.2) is 13.2 Å². The number of nitrogens with zero attached hydrogens (tertiary/aromatic N) is 1. The van der Waals surface area contributed by atoms with E-state index in [-0.39, 0.29) is 11.5 Å². The number of phenolic OH excluding ortho intramolecular Hbond substituents is 1. The molecular formula is C16H21F3N2O2. The van der Waals surface area contributed by atoms with Gasteiger partial charge in [0, 0.05) is 51.5 Å². The summed E-state index contributed by atoms with van der Waals surface area (Å²) in [6, 6.07) is 0.193. The third kappa shape index (κ3) is 3.32. The zero-order valence-corrected chi connectivity index (χ0v) is 12.8. The predicted molar refractivity (Wildman–Crippen MR) is 78.7 cm³/mol. The number of aromatic hydroxyl groups is 1. The highest BCUT2D eigenvalue weighted by Crippen LogP contribution is 2.41. The van der Waals surface area contributed by atoms with Gasteiger partial charge in [0.25, 0.3) is 0 Å². The van der Waals surface area contributed by atoms with Gasteiger partial charge in [0.05, 0.1) is 5.56 Å². The Bertz CT molecular complexity index is 541. The lowest BCUT2D eigenvalue weighted by atomic mass is 9.84. The maximum Gasteiger partial charge on any atom is 0.195 e. The molecule has 2 aliphatic heterocycles. The second-order valence-corrected chi connectivity index (χ2v) is 6.10. The number of hydrogen-bond donors (Lipinski definition) is 2. The van der Waals surface area contributed by atoms with Crippen LogP contribution in [0.3, 0.4) is 0 Å². The second kappa shape index (κ2) is 7.07. The van der Waals surface area contributed by atoms with Crippen molar-refractivity contribution >= 4 is 0 Å². The third-order valence-electron chi connectivity index (χ3n) is 4.73. The van der Waals surface area contributed by atoms with Crippen molar-refractivity contribution < 1.29 is 23.0 Å². The van der Waals surface area contributed by atoms with Gasteiger partial charge in [-0.3, -0.25) is 4.90 Å². The average molecular weight is 330 g/mol. The summed E-state index contributed by atoms with van der Waals surface area (Å²) in [6.07, 6.45) is 1.40. The van der Waals surface area contributed by atoms with Crippen molar-refractivity contribution in [3.63, 3.8) is 0 Å². The minimum absolute atomic E-state index is 0.0344. The Balaban J connectivity index is 2.02. The van der Waals surface area contributed by atoms with E-state index < -0.39 is 29.2 Å². The van der Waals surface area contributed by atoms with Crippen molar-refractivity contribution in [2.75, 3.05) is 39.4 Å². The number of piperazine rings is 1. The van der Waals surface area contributed by atoms with Crippen LogP contribution in [-0.2, 0) is 4.74 Å². The number of ether oxygens (including phenoxy) is 1. The van der Waals surface area contributed by atoms with Crippen molar-refractivity contribution in [2.45, 2.75) is 18.9 Å². The molecule has 4 nitrogen and oxygen atoms in total. The molecule has 1 atom stereocenters. The Morgan fingerprint density at radius 3 is 2.43 bits per heavy atom. The minimum atomic E-state index is -1.52. The Morgan fingerprint density at radius 2 is 1.78 bits per heavy atom. The molecule has 128 valence electrons. The molecule has 23 heavy (non-hydrogen) atoms. The fourth-order valence-electron chi connectivity index (χ4n) is 3.59. The van der Waals surface area contributed by atoms with E-state index in [2.05, 4.69) is 5.32 Å². The quantitative estimate of drug-likeness (QED) is 0.834. The lowest BCUT2D eigenvalue weighted by molar-refractivity contribution is 0.0193. The molecule has 0 aromatic heterocycles. The molecule has 0 unspecified atom stereocenters. The minimum Gasteiger partial charge on any atom is -0.507 e. The molecule has 0 amide bonds. The van der Waals surface area contributed by atoms with E-state index in [0.717, 1.165) is 13.1 Å². The number of benzene rings is 1. The molecule has 0 spiro atoms. The Morgan fingerprint density at radius 1 is 1.13 bits per heavy atom. The van der Waals surface area contributed by atoms with Crippen LogP contribution in [0.5, 0.6) is 5.75 Å². The molecule has 2 heterocycles. The molecule has 2 N–H and O–H groups in total. The summed E-state index contributed by atoms with van der Waals surface area (Å²) in [5.74, 6) is -4.65. The topological polar surface area (TPSA) is 44.7 Å². The Hall–Kier alpha value is -1.31. The first-order chi connectivity index (χ1) is 11.1. The SMILES string of the molecule is Oc1cc(F)c(F)c(F)c1[C@H](C1CCOCC1)N1CCNCC1. The highest BCUT2D eigenvalue weighted by molar-refractivity contribution is 5.38. The normalized spacial score (nSPS) is 22.2. The molecule has 0 bridgehead atoms. The third-order valence-corrected chi connectivity index (χ3v) is 4.73. The lowest BCUT2D eigenvalue weighted by Crippen LogP contribution is -2.47. The van der Waals surface area contributed by atoms with Crippen molar-refractivity contribution in [3.8, 4) is 5.75 Å². The number of hydrogen-bond acceptors (Lipinski definition) is 4. The number of halogens is 3. The molecule has 2 fully saturated rings. The monoisotopic (exact) mass is 330 g/mol. The van der Waals surface area contributed by atoms with E-state index >= 15 is 0 Å². The molecule has 2 saturated heterocycles. The number of nitrogens with one attached hydrogen (secondary N) is 1. The summed E-state index contributed by atoms with van der Waals surface area (Å²) >= 11 is 0. The van der Waals surface area contributed by atoms with Gasteiger partial charge in [0.15, 0.2) is 17.5 Å². The lowest BCUT2D eigenvalue weighted by Gasteiger charge is -2.41. The molecule has 1 aromatic carbocycles. The van der Waals surface area contributed by atoms with Crippen molar-refractivity contribution in [1.82, 2.24) is 10.2 Å². The van der Waals surface area contributed by atoms with Crippen LogP contribution >= 0.6 is 0 Å². The Labute approximate surface area is 133 Å². The first-order valence-electron chi connectivity index (χ1n) is 7.98. The van der Waals surface area contributed by atoms with Gasteiger partial charge < -0.3 is 15.2 Å². The van der Waals surface area contributed by atoms with Crippen LogP contribution < -0.4 is 5.32 Å². The highest BCUT2D eigenvalue weighted by atomic mass is 19.2. The summed E-state index contributed by atoms with van der Waals surface area (Å²) in [5, 5.41) is 13.3. The van der Waals surface area contributed by atoms with Crippen LogP contribution in [0.1, 0.15) is 24.4 Å². The van der Waals surface area contributed by atoms with Crippen LogP contribution in [0.4, 0.5) is 13.2 Å². The van der Waals surface area contributed by atoms with Gasteiger partial charge in [0.2, 0.25) is 0 Å². The maximum atomic E-state index is 14.4. The van der Waals surface area contributed by atoms with Gasteiger partial charge >= 0.3 is 0 Å². The van der Waals surface area contributed by atoms with Crippen LogP contribution in [0.15, 0.2) is 6.07 Å². The molecule has 2 aliphatic rings. The van der Waals surface area contributed by atoms with Gasteiger partial charge in [-0.15, -0.1) is 0 Å². The molecule has 7 heteroatoms. The second-order valence-electron chi connectivity index (χ2n) is 6.10. The van der Waals surface area contributed by atoms with Gasteiger partial charge in [-0.1, -0.05) is 0 Å². The van der Waals surface area contributed by atoms with Crippen molar-refractivity contribution in [2.24, 2.45) is 5.92 Å². The summed E-state index contributed by atoms with van der Waals surface area (Å²) in [7, 11) is 0. The summed E-state index contributed by atoms with van der Waals surface area (Å²) in [5.41, 5.74) is -0.127. The number of rotatable bonds is 3. The van der Waals surface area contributed by atoms with Gasteiger partial charge in [0.1, 0.15) is 5.75 Å². The summed E-state index contributed by atoms with van der Waals surface area (Å²) in [6.45, 7) is 3.93. The standard InChI is InChI=1S/C16H21F3N2O2/c17-11-9-12(22)13(15(19)14(11)18)16(10-1-7-23-8-2-10)21-5-3-20-4-6-21/h9-10,16,20,22H,1-8H2/t16-/m0/s1.